The van der Waals surface area contributed by atoms with Gasteiger partial charge in [0.2, 0.25) is 5.82 Å². The van der Waals surface area contributed by atoms with Gasteiger partial charge in [-0.1, -0.05) is 48.5 Å². The SMILES string of the molecule is O=C(O)c1cc(-c2ccc3ccccc3n2)c(OCc2ccc3ccccc3n2)c(F)c1F. The number of carboxylic acids is 1. The molecule has 3 aromatic carbocycles. The maximum absolute atomic E-state index is 15.0. The Morgan fingerprint density at radius 3 is 2.15 bits per heavy atom. The molecule has 0 fully saturated rings. The summed E-state index contributed by atoms with van der Waals surface area (Å²) in [7, 11) is 0. The van der Waals surface area contributed by atoms with Crippen molar-refractivity contribution in [3.8, 4) is 17.0 Å². The first kappa shape index (κ1) is 20.5. The number of halogens is 2. The molecule has 0 aliphatic carbocycles. The van der Waals surface area contributed by atoms with Crippen LogP contribution in [0.3, 0.4) is 0 Å². The monoisotopic (exact) mass is 442 g/mol. The summed E-state index contributed by atoms with van der Waals surface area (Å²) >= 11 is 0. The van der Waals surface area contributed by atoms with Crippen molar-refractivity contribution in [3.05, 3.63) is 102 Å². The van der Waals surface area contributed by atoms with E-state index in [0.29, 0.717) is 11.2 Å². The Morgan fingerprint density at radius 2 is 1.45 bits per heavy atom. The number of para-hydroxylation sites is 2. The Kier molecular flexibility index (Phi) is 5.14. The molecule has 0 atom stereocenters. The van der Waals surface area contributed by atoms with Crippen LogP contribution in [-0.4, -0.2) is 21.0 Å². The molecule has 0 spiro atoms. The average molecular weight is 442 g/mol. The standard InChI is InChI=1S/C26H16F2N2O3/c27-23-19(26(31)32)13-18(22-12-10-16-6-2-4-8-21(16)30-22)25(24(23)28)33-14-17-11-9-15-5-1-3-7-20(15)29-17/h1-13H,14H2,(H,31,32). The Morgan fingerprint density at radius 1 is 0.818 bits per heavy atom. The molecule has 7 heteroatoms. The van der Waals surface area contributed by atoms with Gasteiger partial charge < -0.3 is 9.84 Å². The first-order valence-electron chi connectivity index (χ1n) is 10.1. The van der Waals surface area contributed by atoms with Gasteiger partial charge in [-0.15, -0.1) is 0 Å². The van der Waals surface area contributed by atoms with Crippen molar-refractivity contribution in [2.45, 2.75) is 6.61 Å². The van der Waals surface area contributed by atoms with Gasteiger partial charge in [-0.05, 0) is 30.3 Å². The highest BCUT2D eigenvalue weighted by molar-refractivity contribution is 5.91. The number of hydrogen-bond donors (Lipinski definition) is 1. The number of carbonyl (C=O) groups is 1. The van der Waals surface area contributed by atoms with Gasteiger partial charge in [0.1, 0.15) is 6.61 Å². The van der Waals surface area contributed by atoms with Crippen LogP contribution in [0.4, 0.5) is 8.78 Å². The number of ether oxygens (including phenoxy) is 1. The summed E-state index contributed by atoms with van der Waals surface area (Å²) in [6.45, 7) is -0.145. The second kappa shape index (κ2) is 8.27. The van der Waals surface area contributed by atoms with Crippen molar-refractivity contribution < 1.29 is 23.4 Å². The van der Waals surface area contributed by atoms with E-state index in [9.17, 15) is 14.3 Å². The molecule has 162 valence electrons. The number of pyridine rings is 2. The number of nitrogens with zero attached hydrogens (tertiary/aromatic N) is 2. The lowest BCUT2D eigenvalue weighted by Gasteiger charge is -2.15. The maximum atomic E-state index is 15.0. The maximum Gasteiger partial charge on any atom is 0.338 e. The molecule has 2 heterocycles. The molecular formula is C26H16F2N2O3. The van der Waals surface area contributed by atoms with E-state index in [4.69, 9.17) is 4.74 Å². The summed E-state index contributed by atoms with van der Waals surface area (Å²) in [5, 5.41) is 11.1. The number of benzene rings is 3. The first-order valence-corrected chi connectivity index (χ1v) is 10.1. The third-order valence-corrected chi connectivity index (χ3v) is 5.29. The number of hydrogen-bond acceptors (Lipinski definition) is 4. The van der Waals surface area contributed by atoms with Crippen molar-refractivity contribution in [2.75, 3.05) is 0 Å². The van der Waals surface area contributed by atoms with Crippen LogP contribution in [0.5, 0.6) is 5.75 Å². The van der Waals surface area contributed by atoms with Crippen molar-refractivity contribution in [1.82, 2.24) is 9.97 Å². The molecule has 0 bridgehead atoms. The highest BCUT2D eigenvalue weighted by Crippen LogP contribution is 2.36. The minimum Gasteiger partial charge on any atom is -0.483 e. The molecular weight excluding hydrogens is 426 g/mol. The van der Waals surface area contributed by atoms with Gasteiger partial charge in [-0.25, -0.2) is 19.2 Å². The molecule has 5 aromatic rings. The highest BCUT2D eigenvalue weighted by atomic mass is 19.2. The largest absolute Gasteiger partial charge is 0.483 e. The predicted octanol–water partition coefficient (Wildman–Crippen LogP) is 6.01. The number of carboxylic acid groups (broad SMARTS) is 1. The number of aromatic carboxylic acids is 1. The highest BCUT2D eigenvalue weighted by Gasteiger charge is 2.25. The summed E-state index contributed by atoms with van der Waals surface area (Å²) in [4.78, 5) is 20.5. The molecule has 0 aliphatic rings. The van der Waals surface area contributed by atoms with Crippen molar-refractivity contribution in [1.29, 1.82) is 0 Å². The second-order valence-electron chi connectivity index (χ2n) is 7.41. The quantitative estimate of drug-likeness (QED) is 0.361. The number of fused-ring (bicyclic) bond motifs is 2. The fourth-order valence-corrected chi connectivity index (χ4v) is 3.65. The van der Waals surface area contributed by atoms with Crippen molar-refractivity contribution in [3.63, 3.8) is 0 Å². The van der Waals surface area contributed by atoms with Crippen LogP contribution >= 0.6 is 0 Å². The summed E-state index contributed by atoms with van der Waals surface area (Å²) < 4.78 is 35.2. The Labute approximate surface area is 186 Å². The van der Waals surface area contributed by atoms with E-state index >= 15 is 4.39 Å². The zero-order valence-corrected chi connectivity index (χ0v) is 17.1. The Bertz CT molecular complexity index is 1540. The molecule has 1 N–H and O–H groups in total. The molecule has 5 rings (SSSR count). The summed E-state index contributed by atoms with van der Waals surface area (Å²) in [6.07, 6.45) is 0. The molecule has 0 unspecified atom stereocenters. The zero-order chi connectivity index (χ0) is 22.9. The van der Waals surface area contributed by atoms with Crippen LogP contribution < -0.4 is 4.74 Å². The minimum atomic E-state index is -1.59. The van der Waals surface area contributed by atoms with E-state index in [0.717, 1.165) is 22.4 Å². The molecule has 0 amide bonds. The van der Waals surface area contributed by atoms with Crippen LogP contribution in [0.15, 0.2) is 78.9 Å². The predicted molar refractivity (Wildman–Crippen MR) is 120 cm³/mol. The first-order chi connectivity index (χ1) is 16.0. The lowest BCUT2D eigenvalue weighted by molar-refractivity contribution is 0.0690. The van der Waals surface area contributed by atoms with Crippen LogP contribution in [0.1, 0.15) is 16.1 Å². The van der Waals surface area contributed by atoms with Crippen molar-refractivity contribution in [2.24, 2.45) is 0 Å². The molecule has 0 aliphatic heterocycles. The molecule has 0 radical (unpaired) electrons. The molecule has 0 saturated heterocycles. The van der Waals surface area contributed by atoms with E-state index in [1.54, 1.807) is 30.3 Å². The van der Waals surface area contributed by atoms with Gasteiger partial charge in [0.05, 0.1) is 28.0 Å². The molecule has 5 nitrogen and oxygen atoms in total. The Hall–Kier alpha value is -4.39. The van der Waals surface area contributed by atoms with Crippen LogP contribution in [0.25, 0.3) is 33.1 Å². The summed E-state index contributed by atoms with van der Waals surface area (Å²) in [6, 6.07) is 22.8. The van der Waals surface area contributed by atoms with Gasteiger partial charge in [0.25, 0.3) is 0 Å². The fourth-order valence-electron chi connectivity index (χ4n) is 3.65. The third-order valence-electron chi connectivity index (χ3n) is 5.29. The van der Waals surface area contributed by atoms with E-state index < -0.39 is 28.9 Å². The molecule has 33 heavy (non-hydrogen) atoms. The third kappa shape index (κ3) is 3.85. The lowest BCUT2D eigenvalue weighted by atomic mass is 10.0. The van der Waals surface area contributed by atoms with Crippen LogP contribution in [0.2, 0.25) is 0 Å². The molecule has 0 saturated carbocycles. The average Bonchev–Trinajstić information content (AvgIpc) is 2.84. The van der Waals surface area contributed by atoms with Crippen LogP contribution in [-0.2, 0) is 6.61 Å². The summed E-state index contributed by atoms with van der Waals surface area (Å²) in [5.74, 6) is -4.89. The topological polar surface area (TPSA) is 72.3 Å². The normalized spacial score (nSPS) is 11.1. The van der Waals surface area contributed by atoms with Gasteiger partial charge in [0.15, 0.2) is 11.6 Å². The fraction of sp³-hybridized carbons (Fsp3) is 0.0385. The van der Waals surface area contributed by atoms with Gasteiger partial charge >= 0.3 is 5.97 Å². The minimum absolute atomic E-state index is 0.0397. The smallest absolute Gasteiger partial charge is 0.338 e. The van der Waals surface area contributed by atoms with Crippen molar-refractivity contribution >= 4 is 27.8 Å². The zero-order valence-electron chi connectivity index (χ0n) is 17.1. The van der Waals surface area contributed by atoms with E-state index in [1.165, 1.54) is 0 Å². The van der Waals surface area contributed by atoms with E-state index in [2.05, 4.69) is 9.97 Å². The van der Waals surface area contributed by atoms with Gasteiger partial charge in [-0.2, -0.15) is 4.39 Å². The van der Waals surface area contributed by atoms with Gasteiger partial charge in [-0.3, -0.25) is 0 Å². The van der Waals surface area contributed by atoms with E-state index in [1.807, 2.05) is 42.5 Å². The van der Waals surface area contributed by atoms with Crippen LogP contribution in [0, 0.1) is 11.6 Å². The number of aromatic nitrogens is 2. The summed E-state index contributed by atoms with van der Waals surface area (Å²) in [5.41, 5.74) is 1.37. The molecule has 2 aromatic heterocycles. The second-order valence-corrected chi connectivity index (χ2v) is 7.41. The lowest BCUT2D eigenvalue weighted by Crippen LogP contribution is -2.08. The van der Waals surface area contributed by atoms with Gasteiger partial charge in [0, 0.05) is 16.3 Å². The Balaban J connectivity index is 1.59. The number of rotatable bonds is 5. The van der Waals surface area contributed by atoms with E-state index in [-0.39, 0.29) is 17.9 Å².